The van der Waals surface area contributed by atoms with Crippen molar-refractivity contribution in [2.24, 2.45) is 5.92 Å². The molecule has 0 spiro atoms. The second-order valence-electron chi connectivity index (χ2n) is 7.24. The monoisotopic (exact) mass is 472 g/mol. The largest absolute Gasteiger partial charge is 0.478 e. The number of anilines is 1. The van der Waals surface area contributed by atoms with Crippen molar-refractivity contribution in [1.82, 2.24) is 4.90 Å². The maximum atomic E-state index is 12.7. The molecule has 1 aliphatic rings. The number of likely N-dealkylation sites (tertiary alicyclic amines) is 1. The molecule has 1 aliphatic heterocycles. The highest BCUT2D eigenvalue weighted by Gasteiger charge is 2.24. The van der Waals surface area contributed by atoms with E-state index in [1.54, 1.807) is 17.0 Å². The number of aliphatic carboxylic acids is 2. The molecule has 7 nitrogen and oxygen atoms in total. The van der Waals surface area contributed by atoms with Crippen molar-refractivity contribution in [3.63, 3.8) is 0 Å². The number of nitrogens with zero attached hydrogens (tertiary/aromatic N) is 2. The predicted molar refractivity (Wildman–Crippen MR) is 123 cm³/mol. The Morgan fingerprint density at radius 2 is 1.65 bits per heavy atom. The Balaban J connectivity index is 0.000000512. The van der Waals surface area contributed by atoms with Gasteiger partial charge in [0.2, 0.25) is 5.91 Å². The van der Waals surface area contributed by atoms with Gasteiger partial charge in [-0.15, -0.1) is 0 Å². The number of piperidine rings is 1. The van der Waals surface area contributed by atoms with Gasteiger partial charge in [0.15, 0.2) is 0 Å². The number of rotatable bonds is 8. The summed E-state index contributed by atoms with van der Waals surface area (Å²) >= 11 is 12.0. The number of halogens is 2. The standard InChI is InChI=1S/C18H26Cl2N2O.C4H4O4/c1-3-9-21-10-7-14(8-11-21)12-18(23)22(4-2)15-5-6-16(19)17(20)13-15;5-3(6)1-2-4(7)8/h5-6,13-14H,3-4,7-12H2,1-2H3;1-2H,(H,5,6)(H,7,8)/b;2-1+. The average Bonchev–Trinajstić information content (AvgIpc) is 2.72. The van der Waals surface area contributed by atoms with Crippen LogP contribution in [0.4, 0.5) is 5.69 Å². The fourth-order valence-corrected chi connectivity index (χ4v) is 3.68. The first kappa shape index (κ1) is 26.9. The Morgan fingerprint density at radius 1 is 1.06 bits per heavy atom. The van der Waals surface area contributed by atoms with E-state index in [9.17, 15) is 14.4 Å². The fourth-order valence-electron chi connectivity index (χ4n) is 3.39. The summed E-state index contributed by atoms with van der Waals surface area (Å²) in [5.41, 5.74) is 0.829. The molecule has 1 fully saturated rings. The van der Waals surface area contributed by atoms with Crippen LogP contribution in [0, 0.1) is 5.92 Å². The molecule has 1 aromatic carbocycles. The SMILES string of the molecule is CCCN1CCC(CC(=O)N(CC)c2ccc(Cl)c(Cl)c2)CC1.O=C(O)/C=C/C(=O)O. The number of hydrogen-bond donors (Lipinski definition) is 2. The summed E-state index contributed by atoms with van der Waals surface area (Å²) in [7, 11) is 0. The minimum atomic E-state index is -1.26. The van der Waals surface area contributed by atoms with E-state index in [1.807, 2.05) is 13.0 Å². The van der Waals surface area contributed by atoms with Gasteiger partial charge in [-0.2, -0.15) is 0 Å². The van der Waals surface area contributed by atoms with E-state index in [2.05, 4.69) is 11.8 Å². The number of benzene rings is 1. The number of carbonyl (C=O) groups is 3. The van der Waals surface area contributed by atoms with Gasteiger partial charge in [-0.1, -0.05) is 30.1 Å². The van der Waals surface area contributed by atoms with Gasteiger partial charge in [-0.05, 0) is 69.9 Å². The molecule has 1 saturated heterocycles. The van der Waals surface area contributed by atoms with Crippen molar-refractivity contribution < 1.29 is 24.6 Å². The number of carboxylic acid groups (broad SMARTS) is 2. The third-order valence-electron chi connectivity index (χ3n) is 4.91. The fraction of sp³-hybridized carbons (Fsp3) is 0.500. The van der Waals surface area contributed by atoms with Gasteiger partial charge in [0.25, 0.3) is 0 Å². The summed E-state index contributed by atoms with van der Waals surface area (Å²) in [5, 5.41) is 16.6. The molecule has 0 aliphatic carbocycles. The summed E-state index contributed by atoms with van der Waals surface area (Å²) in [6, 6.07) is 5.38. The molecule has 0 bridgehead atoms. The summed E-state index contributed by atoms with van der Waals surface area (Å²) in [5.74, 6) is -1.84. The third-order valence-corrected chi connectivity index (χ3v) is 5.65. The molecule has 0 atom stereocenters. The molecular formula is C22H30Cl2N2O5. The molecule has 0 saturated carbocycles. The Kier molecular flexibility index (Phi) is 12.2. The quantitative estimate of drug-likeness (QED) is 0.537. The smallest absolute Gasteiger partial charge is 0.328 e. The van der Waals surface area contributed by atoms with Crippen LogP contribution < -0.4 is 4.90 Å². The molecule has 2 rings (SSSR count). The van der Waals surface area contributed by atoms with Crippen molar-refractivity contribution in [3.05, 3.63) is 40.4 Å². The molecule has 1 heterocycles. The van der Waals surface area contributed by atoms with E-state index in [1.165, 1.54) is 13.0 Å². The Bertz CT molecular complexity index is 761. The topological polar surface area (TPSA) is 98.2 Å². The van der Waals surface area contributed by atoms with Crippen molar-refractivity contribution >= 4 is 46.7 Å². The van der Waals surface area contributed by atoms with Gasteiger partial charge in [0.05, 0.1) is 10.0 Å². The van der Waals surface area contributed by atoms with Crippen LogP contribution in [0.5, 0.6) is 0 Å². The van der Waals surface area contributed by atoms with Crippen LogP contribution in [-0.2, 0) is 14.4 Å². The van der Waals surface area contributed by atoms with Gasteiger partial charge in [0, 0.05) is 30.8 Å². The van der Waals surface area contributed by atoms with Gasteiger partial charge in [0.1, 0.15) is 0 Å². The van der Waals surface area contributed by atoms with Crippen molar-refractivity contribution in [2.45, 2.75) is 39.5 Å². The van der Waals surface area contributed by atoms with Gasteiger partial charge >= 0.3 is 11.9 Å². The lowest BCUT2D eigenvalue weighted by Gasteiger charge is -2.32. The molecule has 1 aromatic rings. The molecule has 1 amide bonds. The summed E-state index contributed by atoms with van der Waals surface area (Å²) < 4.78 is 0. The van der Waals surface area contributed by atoms with Crippen molar-refractivity contribution in [1.29, 1.82) is 0 Å². The van der Waals surface area contributed by atoms with Crippen LogP contribution >= 0.6 is 23.2 Å². The van der Waals surface area contributed by atoms with Crippen molar-refractivity contribution in [2.75, 3.05) is 31.1 Å². The zero-order chi connectivity index (χ0) is 23.4. The van der Waals surface area contributed by atoms with Crippen LogP contribution in [0.15, 0.2) is 30.4 Å². The van der Waals surface area contributed by atoms with Crippen LogP contribution in [-0.4, -0.2) is 59.1 Å². The van der Waals surface area contributed by atoms with Crippen LogP contribution in [0.3, 0.4) is 0 Å². The summed E-state index contributed by atoms with van der Waals surface area (Å²) in [6.07, 6.45) is 5.17. The maximum Gasteiger partial charge on any atom is 0.328 e. The molecule has 0 aromatic heterocycles. The van der Waals surface area contributed by atoms with Crippen molar-refractivity contribution in [3.8, 4) is 0 Å². The number of carbonyl (C=O) groups excluding carboxylic acids is 1. The third kappa shape index (κ3) is 10.2. The molecule has 2 N–H and O–H groups in total. The number of carboxylic acids is 2. The highest BCUT2D eigenvalue weighted by Crippen LogP contribution is 2.29. The minimum Gasteiger partial charge on any atom is -0.478 e. The first-order chi connectivity index (χ1) is 14.7. The van der Waals surface area contributed by atoms with Crippen LogP contribution in [0.25, 0.3) is 0 Å². The van der Waals surface area contributed by atoms with Crippen LogP contribution in [0.2, 0.25) is 10.0 Å². The highest BCUT2D eigenvalue weighted by molar-refractivity contribution is 6.42. The Morgan fingerprint density at radius 3 is 2.10 bits per heavy atom. The van der Waals surface area contributed by atoms with Gasteiger partial charge in [-0.25, -0.2) is 9.59 Å². The van der Waals surface area contributed by atoms with Gasteiger partial charge < -0.3 is 20.0 Å². The minimum absolute atomic E-state index is 0.180. The molecular weight excluding hydrogens is 443 g/mol. The lowest BCUT2D eigenvalue weighted by Crippen LogP contribution is -2.37. The van der Waals surface area contributed by atoms with E-state index in [4.69, 9.17) is 33.4 Å². The first-order valence-corrected chi connectivity index (χ1v) is 11.0. The second kappa shape index (κ2) is 14.1. The molecule has 31 heavy (non-hydrogen) atoms. The maximum absolute atomic E-state index is 12.7. The Labute approximate surface area is 193 Å². The molecule has 172 valence electrons. The van der Waals surface area contributed by atoms with E-state index < -0.39 is 11.9 Å². The van der Waals surface area contributed by atoms with E-state index >= 15 is 0 Å². The zero-order valence-electron chi connectivity index (χ0n) is 17.9. The zero-order valence-corrected chi connectivity index (χ0v) is 19.4. The van der Waals surface area contributed by atoms with Gasteiger partial charge in [-0.3, -0.25) is 4.79 Å². The first-order valence-electron chi connectivity index (χ1n) is 10.3. The van der Waals surface area contributed by atoms with E-state index in [-0.39, 0.29) is 5.91 Å². The number of hydrogen-bond acceptors (Lipinski definition) is 4. The predicted octanol–water partition coefficient (Wildman–Crippen LogP) is 4.57. The Hall–Kier alpha value is -2.09. The normalized spacial score (nSPS) is 14.7. The average molecular weight is 473 g/mol. The van der Waals surface area contributed by atoms with Crippen LogP contribution in [0.1, 0.15) is 39.5 Å². The molecule has 0 radical (unpaired) electrons. The lowest BCUT2D eigenvalue weighted by atomic mass is 9.93. The highest BCUT2D eigenvalue weighted by atomic mass is 35.5. The summed E-state index contributed by atoms with van der Waals surface area (Å²) in [4.78, 5) is 36.1. The lowest BCUT2D eigenvalue weighted by molar-refractivity contribution is -0.134. The van der Waals surface area contributed by atoms with E-state index in [0.717, 1.165) is 31.6 Å². The molecule has 0 unspecified atom stereocenters. The number of amides is 1. The molecule has 9 heteroatoms. The second-order valence-corrected chi connectivity index (χ2v) is 8.05. The van der Waals surface area contributed by atoms with E-state index in [0.29, 0.717) is 41.1 Å². The summed E-state index contributed by atoms with van der Waals surface area (Å²) in [6.45, 7) is 8.25.